The first-order chi connectivity index (χ1) is 13.4. The van der Waals surface area contributed by atoms with Crippen LogP contribution < -0.4 is 10.6 Å². The fraction of sp³-hybridized carbons (Fsp3) is 0.286. The lowest BCUT2D eigenvalue weighted by Crippen LogP contribution is -2.51. The van der Waals surface area contributed by atoms with Crippen LogP contribution in [-0.2, 0) is 19.1 Å². The Hall–Kier alpha value is -3.35. The van der Waals surface area contributed by atoms with Crippen molar-refractivity contribution in [3.63, 3.8) is 0 Å². The predicted octanol–water partition coefficient (Wildman–Crippen LogP) is 3.02. The van der Waals surface area contributed by atoms with Crippen molar-refractivity contribution < 1.29 is 19.1 Å². The average Bonchev–Trinajstić information content (AvgIpc) is 2.69. The average molecular weight is 381 g/mol. The molecule has 0 bridgehead atoms. The smallest absolute Gasteiger partial charge is 0.355 e. The Balaban J connectivity index is 2.13. The number of fused-ring (bicyclic) bond motifs is 1. The number of aryl methyl sites for hydroxylation is 2. The van der Waals surface area contributed by atoms with Crippen LogP contribution in [0.1, 0.15) is 23.1 Å². The van der Waals surface area contributed by atoms with Gasteiger partial charge in [0.15, 0.2) is 0 Å². The molecule has 0 radical (unpaired) electrons. The van der Waals surface area contributed by atoms with Gasteiger partial charge in [0.25, 0.3) is 0 Å². The number of hydrogen-bond donors (Lipinski definition) is 2. The molecule has 0 fully saturated rings. The summed E-state index contributed by atoms with van der Waals surface area (Å²) in [7, 11) is 2.53. The Morgan fingerprint density at radius 1 is 1.11 bits per heavy atom. The van der Waals surface area contributed by atoms with E-state index in [1.165, 1.54) is 14.2 Å². The molecule has 7 nitrogen and oxygen atoms in total. The highest BCUT2D eigenvalue weighted by Gasteiger charge is 2.45. The topological polar surface area (TPSA) is 89.0 Å². The van der Waals surface area contributed by atoms with Crippen LogP contribution in [0.3, 0.4) is 0 Å². The summed E-state index contributed by atoms with van der Waals surface area (Å²) in [6.45, 7) is 3.98. The van der Waals surface area contributed by atoms with Crippen LogP contribution in [0.15, 0.2) is 47.5 Å². The van der Waals surface area contributed by atoms with Crippen LogP contribution in [0.5, 0.6) is 0 Å². The highest BCUT2D eigenvalue weighted by molar-refractivity contribution is 6.15. The van der Waals surface area contributed by atoms with E-state index in [9.17, 15) is 9.59 Å². The maximum atomic E-state index is 12.6. The van der Waals surface area contributed by atoms with E-state index < -0.39 is 17.6 Å². The Bertz CT molecular complexity index is 954. The third-order valence-corrected chi connectivity index (χ3v) is 4.62. The molecule has 0 amide bonds. The largest absolute Gasteiger partial charge is 0.469 e. The van der Waals surface area contributed by atoms with Gasteiger partial charge in [-0.05, 0) is 43.2 Å². The maximum absolute atomic E-state index is 12.6. The van der Waals surface area contributed by atoms with Crippen molar-refractivity contribution in [2.24, 2.45) is 4.99 Å². The minimum absolute atomic E-state index is 0.303. The van der Waals surface area contributed by atoms with Crippen LogP contribution in [0.4, 0.5) is 11.4 Å². The number of esters is 2. The van der Waals surface area contributed by atoms with Gasteiger partial charge in [-0.15, -0.1) is 0 Å². The van der Waals surface area contributed by atoms with Gasteiger partial charge in [-0.25, -0.2) is 9.79 Å². The lowest BCUT2D eigenvalue weighted by molar-refractivity contribution is -0.152. The van der Waals surface area contributed by atoms with Crippen molar-refractivity contribution in [3.05, 3.63) is 59.2 Å². The van der Waals surface area contributed by atoms with Crippen molar-refractivity contribution in [3.8, 4) is 0 Å². The van der Waals surface area contributed by atoms with Crippen molar-refractivity contribution in [1.82, 2.24) is 0 Å². The lowest BCUT2D eigenvalue weighted by Gasteiger charge is -2.34. The van der Waals surface area contributed by atoms with Crippen molar-refractivity contribution in [2.45, 2.75) is 25.9 Å². The molecular formula is C21H23N3O4. The first-order valence-corrected chi connectivity index (χ1v) is 8.85. The molecule has 1 unspecified atom stereocenters. The monoisotopic (exact) mass is 381 g/mol. The molecule has 146 valence electrons. The molecular weight excluding hydrogens is 358 g/mol. The molecule has 0 aromatic heterocycles. The van der Waals surface area contributed by atoms with Crippen molar-refractivity contribution >= 4 is 29.1 Å². The van der Waals surface area contributed by atoms with E-state index in [4.69, 9.17) is 9.47 Å². The van der Waals surface area contributed by atoms with E-state index in [0.717, 1.165) is 22.4 Å². The standard InChI is InChI=1S/C21H23N3O4/c1-13-9-10-14(2)17(11-13)22-19-15-7-5-6-8-16(15)23-21(24-19,20(26)28-4)12-18(25)27-3/h5-11,23H,12H2,1-4H3,(H,22,24). The molecule has 0 spiro atoms. The second-order valence-corrected chi connectivity index (χ2v) is 6.68. The van der Waals surface area contributed by atoms with Gasteiger partial charge in [0.1, 0.15) is 12.3 Å². The van der Waals surface area contributed by atoms with E-state index in [1.54, 1.807) is 0 Å². The summed E-state index contributed by atoms with van der Waals surface area (Å²) >= 11 is 0. The first-order valence-electron chi connectivity index (χ1n) is 8.85. The fourth-order valence-corrected chi connectivity index (χ4v) is 3.10. The molecule has 28 heavy (non-hydrogen) atoms. The summed E-state index contributed by atoms with van der Waals surface area (Å²) in [6.07, 6.45) is -0.303. The summed E-state index contributed by atoms with van der Waals surface area (Å²) < 4.78 is 9.72. The molecule has 0 aliphatic carbocycles. The minimum Gasteiger partial charge on any atom is -0.469 e. The van der Waals surface area contributed by atoms with Gasteiger partial charge in [0, 0.05) is 16.9 Å². The predicted molar refractivity (Wildman–Crippen MR) is 108 cm³/mol. The molecule has 2 N–H and O–H groups in total. The molecule has 1 atom stereocenters. The number of benzene rings is 2. The molecule has 7 heteroatoms. The zero-order chi connectivity index (χ0) is 20.3. The molecule has 2 aromatic rings. The first kappa shape index (κ1) is 19.4. The fourth-order valence-electron chi connectivity index (χ4n) is 3.10. The van der Waals surface area contributed by atoms with E-state index in [-0.39, 0.29) is 6.42 Å². The van der Waals surface area contributed by atoms with E-state index in [0.29, 0.717) is 11.5 Å². The van der Waals surface area contributed by atoms with Crippen molar-refractivity contribution in [1.29, 1.82) is 0 Å². The number of aliphatic imine (C=N–C) groups is 1. The van der Waals surface area contributed by atoms with Gasteiger partial charge in [0.05, 0.1) is 14.2 Å². The quantitative estimate of drug-likeness (QED) is 0.792. The number of hydrogen-bond acceptors (Lipinski definition) is 7. The van der Waals surface area contributed by atoms with Crippen LogP contribution in [0.25, 0.3) is 0 Å². The molecule has 0 saturated carbocycles. The van der Waals surface area contributed by atoms with Gasteiger partial charge in [-0.3, -0.25) is 4.79 Å². The van der Waals surface area contributed by atoms with Crippen molar-refractivity contribution in [2.75, 3.05) is 24.9 Å². The second-order valence-electron chi connectivity index (χ2n) is 6.68. The molecule has 1 aliphatic rings. The van der Waals surface area contributed by atoms with Gasteiger partial charge in [0.2, 0.25) is 5.66 Å². The summed E-state index contributed by atoms with van der Waals surface area (Å²) in [5, 5.41) is 6.39. The van der Waals surface area contributed by atoms with Crippen LogP contribution in [-0.4, -0.2) is 37.7 Å². The molecule has 1 aliphatic heterocycles. The van der Waals surface area contributed by atoms with Gasteiger partial charge in [-0.1, -0.05) is 24.3 Å². The normalized spacial score (nSPS) is 17.6. The number of para-hydroxylation sites is 1. The Labute approximate surface area is 163 Å². The molecule has 0 saturated heterocycles. The highest BCUT2D eigenvalue weighted by Crippen LogP contribution is 2.32. The zero-order valence-electron chi connectivity index (χ0n) is 16.3. The van der Waals surface area contributed by atoms with Gasteiger partial charge in [-0.2, -0.15) is 0 Å². The maximum Gasteiger partial charge on any atom is 0.355 e. The zero-order valence-corrected chi connectivity index (χ0v) is 16.3. The SMILES string of the molecule is COC(=O)CC1(C(=O)OC)N=C(Nc2cc(C)ccc2C)c2ccccc2N1. The Morgan fingerprint density at radius 3 is 2.57 bits per heavy atom. The van der Waals surface area contributed by atoms with E-state index in [2.05, 4.69) is 15.6 Å². The second kappa shape index (κ2) is 7.72. The number of methoxy groups -OCH3 is 2. The van der Waals surface area contributed by atoms with Crippen LogP contribution >= 0.6 is 0 Å². The number of nitrogens with one attached hydrogen (secondary N) is 2. The number of carbonyl (C=O) groups is 2. The number of carbonyl (C=O) groups excluding carboxylic acids is 2. The minimum atomic E-state index is -1.61. The Kier molecular flexibility index (Phi) is 5.35. The Morgan fingerprint density at radius 2 is 1.86 bits per heavy atom. The lowest BCUT2D eigenvalue weighted by atomic mass is 10.00. The summed E-state index contributed by atoms with van der Waals surface area (Å²) in [5.74, 6) is -0.780. The number of rotatable bonds is 4. The third-order valence-electron chi connectivity index (χ3n) is 4.62. The van der Waals surface area contributed by atoms with E-state index in [1.807, 2.05) is 56.3 Å². The van der Waals surface area contributed by atoms with Crippen LogP contribution in [0, 0.1) is 13.8 Å². The number of nitrogens with zero attached hydrogens (tertiary/aromatic N) is 1. The third kappa shape index (κ3) is 3.69. The summed E-state index contributed by atoms with van der Waals surface area (Å²) in [5.41, 5.74) is 2.82. The van der Waals surface area contributed by atoms with Crippen LogP contribution in [0.2, 0.25) is 0 Å². The van der Waals surface area contributed by atoms with E-state index >= 15 is 0 Å². The molecule has 2 aromatic carbocycles. The molecule has 3 rings (SSSR count). The highest BCUT2D eigenvalue weighted by atomic mass is 16.5. The number of anilines is 2. The summed E-state index contributed by atoms with van der Waals surface area (Å²) in [4.78, 5) is 29.3. The number of ether oxygens (including phenoxy) is 2. The molecule has 1 heterocycles. The summed E-state index contributed by atoms with van der Waals surface area (Å²) in [6, 6.07) is 13.5. The number of amidine groups is 1. The van der Waals surface area contributed by atoms with Gasteiger partial charge >= 0.3 is 11.9 Å². The van der Waals surface area contributed by atoms with Gasteiger partial charge < -0.3 is 20.1 Å².